The van der Waals surface area contributed by atoms with Gasteiger partial charge in [0.1, 0.15) is 4.21 Å². The number of carbonyl (C=O) groups is 1. The summed E-state index contributed by atoms with van der Waals surface area (Å²) in [6, 6.07) is 6.60. The number of carboxylic acids is 1. The molecule has 0 aliphatic heterocycles. The molecule has 2 aromatic rings. The van der Waals surface area contributed by atoms with E-state index < -0.39 is 16.0 Å². The zero-order valence-electron chi connectivity index (χ0n) is 10.9. The molecule has 106 valence electrons. The summed E-state index contributed by atoms with van der Waals surface area (Å²) in [5, 5.41) is 10.1. The molecule has 0 spiro atoms. The van der Waals surface area contributed by atoms with Crippen molar-refractivity contribution in [3.05, 3.63) is 46.3 Å². The summed E-state index contributed by atoms with van der Waals surface area (Å²) in [6.07, 6.45) is 0. The Balaban J connectivity index is 2.35. The van der Waals surface area contributed by atoms with E-state index in [2.05, 4.69) is 4.72 Å². The lowest BCUT2D eigenvalue weighted by atomic mass is 10.1. The van der Waals surface area contributed by atoms with Crippen molar-refractivity contribution in [1.29, 1.82) is 0 Å². The molecule has 1 aromatic heterocycles. The summed E-state index contributed by atoms with van der Waals surface area (Å²) < 4.78 is 26.9. The lowest BCUT2D eigenvalue weighted by Gasteiger charge is -2.09. The molecule has 0 radical (unpaired) electrons. The molecule has 0 saturated heterocycles. The van der Waals surface area contributed by atoms with Gasteiger partial charge in [0.05, 0.1) is 11.3 Å². The van der Waals surface area contributed by atoms with E-state index in [0.717, 1.165) is 28.5 Å². The van der Waals surface area contributed by atoms with E-state index in [1.54, 1.807) is 13.0 Å². The highest BCUT2D eigenvalue weighted by atomic mass is 32.2. The first-order valence-corrected chi connectivity index (χ1v) is 8.08. The van der Waals surface area contributed by atoms with Crippen LogP contribution in [0.1, 0.15) is 21.5 Å². The average Bonchev–Trinajstić information content (AvgIpc) is 2.84. The molecule has 1 heterocycles. The molecule has 2 N–H and O–H groups in total. The highest BCUT2D eigenvalue weighted by molar-refractivity contribution is 7.94. The van der Waals surface area contributed by atoms with Gasteiger partial charge in [0, 0.05) is 5.38 Å². The number of hydrogen-bond acceptors (Lipinski definition) is 4. The van der Waals surface area contributed by atoms with Crippen LogP contribution in [-0.2, 0) is 10.0 Å². The van der Waals surface area contributed by atoms with Crippen LogP contribution in [0.4, 0.5) is 5.69 Å². The van der Waals surface area contributed by atoms with Crippen LogP contribution in [-0.4, -0.2) is 19.5 Å². The second-order valence-electron chi connectivity index (χ2n) is 4.38. The predicted octanol–water partition coefficient (Wildman–Crippen LogP) is 2.86. The molecule has 0 aliphatic carbocycles. The third-order valence-corrected chi connectivity index (χ3v) is 5.53. The normalized spacial score (nSPS) is 11.3. The second kappa shape index (κ2) is 5.26. The molecule has 20 heavy (non-hydrogen) atoms. The van der Waals surface area contributed by atoms with E-state index in [9.17, 15) is 13.2 Å². The van der Waals surface area contributed by atoms with Gasteiger partial charge < -0.3 is 5.11 Å². The maximum atomic E-state index is 12.2. The number of nitrogens with one attached hydrogen (secondary N) is 1. The van der Waals surface area contributed by atoms with Gasteiger partial charge in [-0.05, 0) is 37.1 Å². The molecule has 5 nitrogen and oxygen atoms in total. The van der Waals surface area contributed by atoms with Crippen molar-refractivity contribution in [3.8, 4) is 0 Å². The summed E-state index contributed by atoms with van der Waals surface area (Å²) in [4.78, 5) is 10.8. The van der Waals surface area contributed by atoms with E-state index >= 15 is 0 Å². The highest BCUT2D eigenvalue weighted by Gasteiger charge is 2.19. The van der Waals surface area contributed by atoms with Gasteiger partial charge in [-0.25, -0.2) is 13.2 Å². The minimum Gasteiger partial charge on any atom is -0.478 e. The van der Waals surface area contributed by atoms with Crippen molar-refractivity contribution >= 4 is 33.0 Å². The van der Waals surface area contributed by atoms with Crippen molar-refractivity contribution < 1.29 is 18.3 Å². The molecular formula is C13H13NO4S2. The molecule has 0 unspecified atom stereocenters. The molecule has 0 saturated carbocycles. The van der Waals surface area contributed by atoms with E-state index in [4.69, 9.17) is 5.11 Å². The molecule has 1 aromatic carbocycles. The lowest BCUT2D eigenvalue weighted by Crippen LogP contribution is -2.12. The highest BCUT2D eigenvalue weighted by Crippen LogP contribution is 2.25. The van der Waals surface area contributed by atoms with Crippen molar-refractivity contribution in [2.45, 2.75) is 18.1 Å². The fraction of sp³-hybridized carbons (Fsp3) is 0.154. The van der Waals surface area contributed by atoms with Crippen molar-refractivity contribution in [2.24, 2.45) is 0 Å². The summed E-state index contributed by atoms with van der Waals surface area (Å²) in [7, 11) is -3.76. The third-order valence-electron chi connectivity index (χ3n) is 2.72. The van der Waals surface area contributed by atoms with E-state index in [1.165, 1.54) is 5.38 Å². The molecule has 2 rings (SSSR count). The number of rotatable bonds is 4. The van der Waals surface area contributed by atoms with Gasteiger partial charge >= 0.3 is 5.97 Å². The van der Waals surface area contributed by atoms with Crippen LogP contribution < -0.4 is 4.72 Å². The Kier molecular flexibility index (Phi) is 3.82. The van der Waals surface area contributed by atoms with Crippen LogP contribution in [0, 0.1) is 13.8 Å². The summed E-state index contributed by atoms with van der Waals surface area (Å²) in [5.41, 5.74) is 2.20. The number of anilines is 1. The van der Waals surface area contributed by atoms with E-state index in [1.807, 2.05) is 19.1 Å². The Hall–Kier alpha value is -1.86. The minimum absolute atomic E-state index is 0.0178. The van der Waals surface area contributed by atoms with E-state index in [0.29, 0.717) is 5.69 Å². The number of carboxylic acid groups (broad SMARTS) is 1. The largest absolute Gasteiger partial charge is 0.478 e. The molecule has 0 aliphatic rings. The van der Waals surface area contributed by atoms with E-state index in [-0.39, 0.29) is 9.77 Å². The number of aryl methyl sites for hydroxylation is 2. The summed E-state index contributed by atoms with van der Waals surface area (Å²) in [5.74, 6) is -1.14. The number of aromatic carboxylic acids is 1. The Labute approximate surface area is 120 Å². The zero-order chi connectivity index (χ0) is 14.9. The van der Waals surface area contributed by atoms with Gasteiger partial charge in [0.2, 0.25) is 0 Å². The third kappa shape index (κ3) is 3.00. The average molecular weight is 311 g/mol. The summed E-state index contributed by atoms with van der Waals surface area (Å²) in [6.45, 7) is 3.67. The minimum atomic E-state index is -3.76. The van der Waals surface area contributed by atoms with Crippen molar-refractivity contribution in [2.75, 3.05) is 4.72 Å². The van der Waals surface area contributed by atoms with Crippen LogP contribution in [0.25, 0.3) is 0 Å². The number of sulfonamides is 1. The SMILES string of the molecule is Cc1ccc(C)c(NS(=O)(=O)c2cc(C(=O)O)cs2)c1. The predicted molar refractivity (Wildman–Crippen MR) is 78.0 cm³/mol. The Morgan fingerprint density at radius 2 is 1.95 bits per heavy atom. The van der Waals surface area contributed by atoms with Crippen molar-refractivity contribution in [3.63, 3.8) is 0 Å². The standard InChI is InChI=1S/C13H13NO4S2/c1-8-3-4-9(2)11(5-8)14-20(17,18)12-6-10(7-19-12)13(15)16/h3-7,14H,1-2H3,(H,15,16). The second-order valence-corrected chi connectivity index (χ2v) is 7.20. The monoisotopic (exact) mass is 311 g/mol. The van der Waals surface area contributed by atoms with Gasteiger partial charge in [-0.1, -0.05) is 12.1 Å². The van der Waals surface area contributed by atoms with Gasteiger partial charge in [0.15, 0.2) is 0 Å². The van der Waals surface area contributed by atoms with Gasteiger partial charge in [0.25, 0.3) is 10.0 Å². The van der Waals surface area contributed by atoms with Crippen LogP contribution in [0.3, 0.4) is 0 Å². The number of thiophene rings is 1. The van der Waals surface area contributed by atoms with Crippen LogP contribution in [0.15, 0.2) is 33.9 Å². The smallest absolute Gasteiger partial charge is 0.336 e. The first-order valence-electron chi connectivity index (χ1n) is 5.71. The van der Waals surface area contributed by atoms with Crippen LogP contribution in [0.2, 0.25) is 0 Å². The Morgan fingerprint density at radius 3 is 2.55 bits per heavy atom. The van der Waals surface area contributed by atoms with Crippen LogP contribution >= 0.6 is 11.3 Å². The molecule has 0 atom stereocenters. The molecule has 7 heteroatoms. The van der Waals surface area contributed by atoms with Crippen LogP contribution in [0.5, 0.6) is 0 Å². The first-order chi connectivity index (χ1) is 9.29. The van der Waals surface area contributed by atoms with Crippen molar-refractivity contribution in [1.82, 2.24) is 0 Å². The Morgan fingerprint density at radius 1 is 1.25 bits per heavy atom. The fourth-order valence-corrected chi connectivity index (χ4v) is 3.89. The topological polar surface area (TPSA) is 83.5 Å². The van der Waals surface area contributed by atoms with Gasteiger partial charge in [-0.15, -0.1) is 11.3 Å². The maximum absolute atomic E-state index is 12.2. The Bertz CT molecular complexity index is 762. The molecule has 0 fully saturated rings. The number of hydrogen-bond donors (Lipinski definition) is 2. The zero-order valence-corrected chi connectivity index (χ0v) is 12.5. The fourth-order valence-electron chi connectivity index (χ4n) is 1.61. The summed E-state index contributed by atoms with van der Waals surface area (Å²) >= 11 is 0.883. The lowest BCUT2D eigenvalue weighted by molar-refractivity contribution is 0.0697. The maximum Gasteiger partial charge on any atom is 0.336 e. The number of benzene rings is 1. The first kappa shape index (κ1) is 14.5. The quantitative estimate of drug-likeness (QED) is 0.909. The molecule has 0 amide bonds. The van der Waals surface area contributed by atoms with Gasteiger partial charge in [-0.3, -0.25) is 4.72 Å². The molecule has 0 bridgehead atoms. The van der Waals surface area contributed by atoms with Gasteiger partial charge in [-0.2, -0.15) is 0 Å². The molecular weight excluding hydrogens is 298 g/mol.